The predicted octanol–water partition coefficient (Wildman–Crippen LogP) is 2.79. The SMILES string of the molecule is CCOC(=O)[C@@H]1CCCCN1C(=O)Cc1c[nH]c2cc(F)ccc12. The summed E-state index contributed by atoms with van der Waals surface area (Å²) in [5, 5.41) is 0.828. The average Bonchev–Trinajstić information content (AvgIpc) is 2.97. The number of fused-ring (bicyclic) bond motifs is 1. The highest BCUT2D eigenvalue weighted by atomic mass is 19.1. The Kier molecular flexibility index (Phi) is 4.83. The van der Waals surface area contributed by atoms with E-state index in [2.05, 4.69) is 4.98 Å². The van der Waals surface area contributed by atoms with Crippen LogP contribution in [-0.4, -0.2) is 41.0 Å². The van der Waals surface area contributed by atoms with E-state index in [0.717, 1.165) is 23.8 Å². The van der Waals surface area contributed by atoms with Crippen molar-refractivity contribution in [2.24, 2.45) is 0 Å². The summed E-state index contributed by atoms with van der Waals surface area (Å²) in [5.74, 6) is -0.745. The van der Waals surface area contributed by atoms with Crippen LogP contribution in [0.1, 0.15) is 31.7 Å². The molecular weight excluding hydrogens is 311 g/mol. The van der Waals surface area contributed by atoms with Crippen molar-refractivity contribution in [3.8, 4) is 0 Å². The molecule has 0 radical (unpaired) electrons. The Labute approximate surface area is 139 Å². The highest BCUT2D eigenvalue weighted by Crippen LogP contribution is 2.23. The van der Waals surface area contributed by atoms with Crippen LogP contribution in [0.25, 0.3) is 10.9 Å². The van der Waals surface area contributed by atoms with Gasteiger partial charge in [0.15, 0.2) is 0 Å². The summed E-state index contributed by atoms with van der Waals surface area (Å²) in [6.45, 7) is 2.64. The van der Waals surface area contributed by atoms with Crippen molar-refractivity contribution in [2.75, 3.05) is 13.2 Å². The first-order valence-corrected chi connectivity index (χ1v) is 8.31. The molecule has 6 heteroatoms. The zero-order valence-electron chi connectivity index (χ0n) is 13.7. The Morgan fingerprint density at radius 2 is 2.21 bits per heavy atom. The molecule has 1 amide bonds. The normalized spacial score (nSPS) is 17.9. The fourth-order valence-corrected chi connectivity index (χ4v) is 3.28. The number of amides is 1. The first-order chi connectivity index (χ1) is 11.6. The van der Waals surface area contributed by atoms with Gasteiger partial charge in [-0.1, -0.05) is 0 Å². The highest BCUT2D eigenvalue weighted by molar-refractivity contribution is 5.91. The number of nitrogens with zero attached hydrogens (tertiary/aromatic N) is 1. The summed E-state index contributed by atoms with van der Waals surface area (Å²) in [4.78, 5) is 29.4. The number of rotatable bonds is 4. The average molecular weight is 332 g/mol. The molecule has 1 N–H and O–H groups in total. The second-order valence-corrected chi connectivity index (χ2v) is 6.03. The third-order valence-corrected chi connectivity index (χ3v) is 4.45. The topological polar surface area (TPSA) is 62.4 Å². The Bertz CT molecular complexity index is 756. The van der Waals surface area contributed by atoms with Crippen LogP contribution in [0.5, 0.6) is 0 Å². The number of aromatic amines is 1. The molecular formula is C18H21FN2O3. The van der Waals surface area contributed by atoms with E-state index in [4.69, 9.17) is 4.74 Å². The molecule has 24 heavy (non-hydrogen) atoms. The van der Waals surface area contributed by atoms with Gasteiger partial charge in [0, 0.05) is 23.6 Å². The van der Waals surface area contributed by atoms with Crippen molar-refractivity contribution in [2.45, 2.75) is 38.6 Å². The summed E-state index contributed by atoms with van der Waals surface area (Å²) in [5.41, 5.74) is 1.47. The number of halogens is 1. The monoisotopic (exact) mass is 332 g/mol. The summed E-state index contributed by atoms with van der Waals surface area (Å²) in [7, 11) is 0. The zero-order valence-corrected chi connectivity index (χ0v) is 13.7. The molecule has 0 unspecified atom stereocenters. The number of carbonyl (C=O) groups excluding carboxylic acids is 2. The Morgan fingerprint density at radius 1 is 1.38 bits per heavy atom. The van der Waals surface area contributed by atoms with E-state index in [1.54, 1.807) is 24.1 Å². The van der Waals surface area contributed by atoms with Crippen molar-refractivity contribution in [1.82, 2.24) is 9.88 Å². The van der Waals surface area contributed by atoms with Crippen LogP contribution in [0.3, 0.4) is 0 Å². The van der Waals surface area contributed by atoms with Gasteiger partial charge >= 0.3 is 5.97 Å². The number of likely N-dealkylation sites (tertiary alicyclic amines) is 1. The minimum absolute atomic E-state index is 0.0991. The lowest BCUT2D eigenvalue weighted by Gasteiger charge is -2.34. The van der Waals surface area contributed by atoms with Gasteiger partial charge in [-0.05, 0) is 49.9 Å². The van der Waals surface area contributed by atoms with Gasteiger partial charge < -0.3 is 14.6 Å². The third kappa shape index (κ3) is 3.27. The lowest BCUT2D eigenvalue weighted by atomic mass is 10.0. The number of hydrogen-bond acceptors (Lipinski definition) is 3. The number of piperidine rings is 1. The van der Waals surface area contributed by atoms with Gasteiger partial charge in [0.25, 0.3) is 0 Å². The van der Waals surface area contributed by atoms with E-state index in [9.17, 15) is 14.0 Å². The largest absolute Gasteiger partial charge is 0.464 e. The Balaban J connectivity index is 1.78. The first-order valence-electron chi connectivity index (χ1n) is 8.31. The molecule has 0 aliphatic carbocycles. The quantitative estimate of drug-likeness (QED) is 0.876. The van der Waals surface area contributed by atoms with Crippen molar-refractivity contribution < 1.29 is 18.7 Å². The molecule has 3 rings (SSSR count). The van der Waals surface area contributed by atoms with E-state index in [-0.39, 0.29) is 24.1 Å². The molecule has 1 saturated heterocycles. The smallest absolute Gasteiger partial charge is 0.328 e. The van der Waals surface area contributed by atoms with Gasteiger partial charge in [0.1, 0.15) is 11.9 Å². The Hall–Kier alpha value is -2.37. The maximum Gasteiger partial charge on any atom is 0.328 e. The summed E-state index contributed by atoms with van der Waals surface area (Å²) in [6.07, 6.45) is 4.36. The van der Waals surface area contributed by atoms with Crippen LogP contribution in [0.2, 0.25) is 0 Å². The maximum absolute atomic E-state index is 13.3. The minimum Gasteiger partial charge on any atom is -0.464 e. The van der Waals surface area contributed by atoms with Crippen LogP contribution in [0.15, 0.2) is 24.4 Å². The van der Waals surface area contributed by atoms with Crippen molar-refractivity contribution in [1.29, 1.82) is 0 Å². The van der Waals surface area contributed by atoms with Crippen LogP contribution < -0.4 is 0 Å². The molecule has 0 saturated carbocycles. The van der Waals surface area contributed by atoms with Crippen molar-refractivity contribution in [3.63, 3.8) is 0 Å². The third-order valence-electron chi connectivity index (χ3n) is 4.45. The number of carbonyl (C=O) groups is 2. The van der Waals surface area contributed by atoms with Crippen molar-refractivity contribution in [3.05, 3.63) is 35.8 Å². The van der Waals surface area contributed by atoms with Gasteiger partial charge in [0.05, 0.1) is 13.0 Å². The number of nitrogens with one attached hydrogen (secondary N) is 1. The molecule has 0 spiro atoms. The number of hydrogen-bond donors (Lipinski definition) is 1. The fourth-order valence-electron chi connectivity index (χ4n) is 3.28. The lowest BCUT2D eigenvalue weighted by molar-refractivity contribution is -0.156. The van der Waals surface area contributed by atoms with E-state index >= 15 is 0 Å². The second kappa shape index (κ2) is 7.03. The van der Waals surface area contributed by atoms with Gasteiger partial charge in [-0.3, -0.25) is 4.79 Å². The molecule has 1 aromatic carbocycles. The molecule has 1 atom stereocenters. The van der Waals surface area contributed by atoms with Crippen LogP contribution >= 0.6 is 0 Å². The van der Waals surface area contributed by atoms with Crippen LogP contribution in [0.4, 0.5) is 4.39 Å². The van der Waals surface area contributed by atoms with Gasteiger partial charge in [-0.2, -0.15) is 0 Å². The highest BCUT2D eigenvalue weighted by Gasteiger charge is 2.33. The fraction of sp³-hybridized carbons (Fsp3) is 0.444. The standard InChI is InChI=1S/C18H21FN2O3/c1-2-24-18(23)16-5-3-4-8-21(16)17(22)9-12-11-20-15-10-13(19)6-7-14(12)15/h6-7,10-11,16,20H,2-5,8-9H2,1H3/t16-/m0/s1. The molecule has 1 aliphatic rings. The minimum atomic E-state index is -0.492. The number of H-pyrrole nitrogens is 1. The number of ether oxygens (including phenoxy) is 1. The summed E-state index contributed by atoms with van der Waals surface area (Å²) in [6, 6.07) is 3.97. The van der Waals surface area contributed by atoms with E-state index in [1.807, 2.05) is 0 Å². The molecule has 2 aromatic rings. The number of aromatic nitrogens is 1. The Morgan fingerprint density at radius 3 is 3.00 bits per heavy atom. The van der Waals surface area contributed by atoms with E-state index in [1.165, 1.54) is 12.1 Å². The van der Waals surface area contributed by atoms with Gasteiger partial charge in [0.2, 0.25) is 5.91 Å². The number of esters is 1. The predicted molar refractivity (Wildman–Crippen MR) is 87.9 cm³/mol. The van der Waals surface area contributed by atoms with Gasteiger partial charge in [-0.25, -0.2) is 9.18 Å². The van der Waals surface area contributed by atoms with Crippen LogP contribution in [0, 0.1) is 5.82 Å². The molecule has 1 aromatic heterocycles. The molecule has 1 fully saturated rings. The maximum atomic E-state index is 13.3. The molecule has 5 nitrogen and oxygen atoms in total. The van der Waals surface area contributed by atoms with E-state index < -0.39 is 6.04 Å². The summed E-state index contributed by atoms with van der Waals surface area (Å²) < 4.78 is 18.4. The first kappa shape index (κ1) is 16.5. The van der Waals surface area contributed by atoms with Crippen LogP contribution in [-0.2, 0) is 20.7 Å². The molecule has 1 aliphatic heterocycles. The summed E-state index contributed by atoms with van der Waals surface area (Å²) >= 11 is 0. The zero-order chi connectivity index (χ0) is 17.1. The second-order valence-electron chi connectivity index (χ2n) is 6.03. The van der Waals surface area contributed by atoms with E-state index in [0.29, 0.717) is 25.1 Å². The van der Waals surface area contributed by atoms with Gasteiger partial charge in [-0.15, -0.1) is 0 Å². The molecule has 128 valence electrons. The number of benzene rings is 1. The molecule has 0 bridgehead atoms. The lowest BCUT2D eigenvalue weighted by Crippen LogP contribution is -2.49. The molecule has 2 heterocycles. The van der Waals surface area contributed by atoms with Crippen molar-refractivity contribution >= 4 is 22.8 Å².